The molecule has 0 amide bonds. The second-order valence-corrected chi connectivity index (χ2v) is 3.69. The molecule has 6 heteroatoms. The summed E-state index contributed by atoms with van der Waals surface area (Å²) >= 11 is 3.45. The molecule has 0 aliphatic heterocycles. The zero-order chi connectivity index (χ0) is 9.84. The average Bonchev–Trinajstić information content (AvgIpc) is 2.07. The first-order chi connectivity index (χ1) is 6.13. The van der Waals surface area contributed by atoms with Gasteiger partial charge >= 0.3 is 29.6 Å². The molecule has 0 spiro atoms. The standard InChI is InChI=1S/C8H6ClNO2S.Na/c9-8-2-1-6(5-13(11)12)7(3-8)4-10;/h1-3H,5H2,(H,11,12);/q;+1/p-1. The van der Waals surface area contributed by atoms with Gasteiger partial charge in [-0.25, -0.2) is 0 Å². The Morgan fingerprint density at radius 1 is 1.57 bits per heavy atom. The van der Waals surface area contributed by atoms with E-state index in [-0.39, 0.29) is 35.3 Å². The van der Waals surface area contributed by atoms with E-state index < -0.39 is 11.1 Å². The van der Waals surface area contributed by atoms with Crippen molar-refractivity contribution >= 4 is 22.7 Å². The van der Waals surface area contributed by atoms with Crippen LogP contribution in [-0.2, 0) is 16.8 Å². The molecule has 1 rings (SSSR count). The Morgan fingerprint density at radius 2 is 2.21 bits per heavy atom. The van der Waals surface area contributed by atoms with E-state index in [1.807, 2.05) is 6.07 Å². The van der Waals surface area contributed by atoms with Gasteiger partial charge in [-0.15, -0.1) is 0 Å². The van der Waals surface area contributed by atoms with Crippen molar-refractivity contribution in [1.29, 1.82) is 5.26 Å². The van der Waals surface area contributed by atoms with Gasteiger partial charge in [0.15, 0.2) is 0 Å². The summed E-state index contributed by atoms with van der Waals surface area (Å²) in [6, 6.07) is 6.43. The minimum atomic E-state index is -2.18. The van der Waals surface area contributed by atoms with Crippen LogP contribution in [0.15, 0.2) is 18.2 Å². The molecular weight excluding hydrogens is 233 g/mol. The Kier molecular flexibility index (Phi) is 6.62. The number of nitrogens with zero attached hydrogens (tertiary/aromatic N) is 1. The zero-order valence-corrected chi connectivity index (χ0v) is 11.1. The average molecular weight is 238 g/mol. The van der Waals surface area contributed by atoms with Crippen molar-refractivity contribution in [2.45, 2.75) is 5.75 Å². The van der Waals surface area contributed by atoms with Crippen LogP contribution in [0.25, 0.3) is 0 Å². The van der Waals surface area contributed by atoms with Gasteiger partial charge in [0.1, 0.15) is 0 Å². The Morgan fingerprint density at radius 3 is 2.71 bits per heavy atom. The van der Waals surface area contributed by atoms with E-state index in [4.69, 9.17) is 16.9 Å². The van der Waals surface area contributed by atoms with Gasteiger partial charge in [0.05, 0.1) is 11.6 Å². The third kappa shape index (κ3) is 4.09. The number of halogens is 1. The van der Waals surface area contributed by atoms with Crippen molar-refractivity contribution in [3.8, 4) is 6.07 Å². The number of rotatable bonds is 2. The van der Waals surface area contributed by atoms with Crippen molar-refractivity contribution in [3.63, 3.8) is 0 Å². The van der Waals surface area contributed by atoms with E-state index >= 15 is 0 Å². The summed E-state index contributed by atoms with van der Waals surface area (Å²) in [5.41, 5.74) is 0.775. The molecule has 1 aromatic rings. The maximum absolute atomic E-state index is 10.4. The second-order valence-electron chi connectivity index (χ2n) is 2.36. The molecule has 1 unspecified atom stereocenters. The van der Waals surface area contributed by atoms with Gasteiger partial charge in [0.2, 0.25) is 0 Å². The summed E-state index contributed by atoms with van der Waals surface area (Å²) in [4.78, 5) is 0. The molecular formula is C8H5ClNNaO2S. The summed E-state index contributed by atoms with van der Waals surface area (Å²) in [6.45, 7) is 0. The van der Waals surface area contributed by atoms with Crippen LogP contribution in [0.2, 0.25) is 5.02 Å². The van der Waals surface area contributed by atoms with Gasteiger partial charge in [0.25, 0.3) is 0 Å². The largest absolute Gasteiger partial charge is 1.00 e. The molecule has 68 valence electrons. The summed E-state index contributed by atoms with van der Waals surface area (Å²) in [7, 11) is 0. The maximum atomic E-state index is 10.4. The van der Waals surface area contributed by atoms with Crippen molar-refractivity contribution in [2.24, 2.45) is 0 Å². The molecule has 0 fully saturated rings. The van der Waals surface area contributed by atoms with E-state index in [9.17, 15) is 8.76 Å². The number of benzene rings is 1. The van der Waals surface area contributed by atoms with Crippen molar-refractivity contribution in [1.82, 2.24) is 0 Å². The Hall–Kier alpha value is 0.110. The second kappa shape index (κ2) is 6.57. The SMILES string of the molecule is N#Cc1cc(Cl)ccc1CS(=O)[O-].[Na+]. The molecule has 1 atom stereocenters. The van der Waals surface area contributed by atoms with Crippen LogP contribution in [0.4, 0.5) is 0 Å². The third-order valence-corrected chi connectivity index (χ3v) is 2.25. The number of hydrogen-bond donors (Lipinski definition) is 0. The zero-order valence-electron chi connectivity index (χ0n) is 7.49. The molecule has 3 nitrogen and oxygen atoms in total. The molecule has 0 aliphatic carbocycles. The predicted octanol–water partition coefficient (Wildman–Crippen LogP) is -1.41. The van der Waals surface area contributed by atoms with Gasteiger partial charge in [-0.3, -0.25) is 4.21 Å². The smallest absolute Gasteiger partial charge is 0.772 e. The van der Waals surface area contributed by atoms with E-state index in [0.717, 1.165) is 0 Å². The van der Waals surface area contributed by atoms with Crippen LogP contribution < -0.4 is 29.6 Å². The Bertz CT molecular complexity index is 391. The maximum Gasteiger partial charge on any atom is 1.00 e. The Labute approximate surface area is 112 Å². The van der Waals surface area contributed by atoms with Gasteiger partial charge in [-0.1, -0.05) is 28.7 Å². The molecule has 14 heavy (non-hydrogen) atoms. The number of nitriles is 1. The van der Waals surface area contributed by atoms with Crippen LogP contribution in [0.5, 0.6) is 0 Å². The quantitative estimate of drug-likeness (QED) is 0.469. The minimum Gasteiger partial charge on any atom is -0.772 e. The molecule has 0 N–H and O–H groups in total. The molecule has 0 bridgehead atoms. The van der Waals surface area contributed by atoms with Gasteiger partial charge in [0, 0.05) is 10.8 Å². The molecule has 0 aromatic heterocycles. The summed E-state index contributed by atoms with van der Waals surface area (Å²) < 4.78 is 20.8. The van der Waals surface area contributed by atoms with E-state index in [2.05, 4.69) is 0 Å². The topological polar surface area (TPSA) is 63.9 Å². The number of hydrogen-bond acceptors (Lipinski definition) is 3. The van der Waals surface area contributed by atoms with E-state index in [1.54, 1.807) is 6.07 Å². The summed E-state index contributed by atoms with van der Waals surface area (Å²) in [6.07, 6.45) is 0. The fraction of sp³-hybridized carbons (Fsp3) is 0.125. The first-order valence-electron chi connectivity index (χ1n) is 3.38. The van der Waals surface area contributed by atoms with E-state index in [0.29, 0.717) is 16.1 Å². The Balaban J connectivity index is 0.00000169. The van der Waals surface area contributed by atoms with E-state index in [1.165, 1.54) is 12.1 Å². The summed E-state index contributed by atoms with van der Waals surface area (Å²) in [5.74, 6) is -0.153. The first-order valence-corrected chi connectivity index (χ1v) is 5.00. The van der Waals surface area contributed by atoms with Crippen LogP contribution in [0.3, 0.4) is 0 Å². The van der Waals surface area contributed by atoms with Gasteiger partial charge in [-0.05, 0) is 17.7 Å². The fourth-order valence-corrected chi connectivity index (χ4v) is 1.58. The molecule has 0 radical (unpaired) electrons. The molecule has 0 aliphatic rings. The van der Waals surface area contributed by atoms with Crippen molar-refractivity contribution < 1.29 is 38.3 Å². The van der Waals surface area contributed by atoms with Crippen LogP contribution in [-0.4, -0.2) is 8.76 Å². The van der Waals surface area contributed by atoms with Gasteiger partial charge in [-0.2, -0.15) is 5.26 Å². The van der Waals surface area contributed by atoms with Crippen LogP contribution >= 0.6 is 11.6 Å². The van der Waals surface area contributed by atoms with Gasteiger partial charge < -0.3 is 4.55 Å². The first kappa shape index (κ1) is 14.1. The van der Waals surface area contributed by atoms with Crippen LogP contribution in [0, 0.1) is 11.3 Å². The summed E-state index contributed by atoms with van der Waals surface area (Å²) in [5, 5.41) is 9.07. The molecule has 0 saturated carbocycles. The normalized spacial score (nSPS) is 11.2. The van der Waals surface area contributed by atoms with Crippen molar-refractivity contribution in [2.75, 3.05) is 0 Å². The third-order valence-electron chi connectivity index (χ3n) is 1.47. The van der Waals surface area contributed by atoms with Crippen molar-refractivity contribution in [3.05, 3.63) is 34.3 Å². The monoisotopic (exact) mass is 237 g/mol. The fourth-order valence-electron chi connectivity index (χ4n) is 0.906. The van der Waals surface area contributed by atoms with Crippen LogP contribution in [0.1, 0.15) is 11.1 Å². The minimum absolute atomic E-state index is 0. The molecule has 0 heterocycles. The molecule has 0 saturated heterocycles. The molecule has 1 aromatic carbocycles. The predicted molar refractivity (Wildman–Crippen MR) is 48.8 cm³/mol.